The SMILES string of the molecule is CC(=O)c1cccc(-c2ccccc2OC(C)C)c1. The second kappa shape index (κ2) is 5.70. The quantitative estimate of drug-likeness (QED) is 0.758. The van der Waals surface area contributed by atoms with Gasteiger partial charge in [0.15, 0.2) is 5.78 Å². The largest absolute Gasteiger partial charge is 0.490 e. The molecule has 2 rings (SSSR count). The number of ether oxygens (including phenoxy) is 1. The van der Waals surface area contributed by atoms with E-state index in [0.717, 1.165) is 22.4 Å². The van der Waals surface area contributed by atoms with E-state index >= 15 is 0 Å². The smallest absolute Gasteiger partial charge is 0.159 e. The lowest BCUT2D eigenvalue weighted by Gasteiger charge is -2.14. The fraction of sp³-hybridized carbons (Fsp3) is 0.235. The highest BCUT2D eigenvalue weighted by molar-refractivity contribution is 5.95. The number of carbonyl (C=O) groups is 1. The molecular formula is C17H18O2. The molecule has 0 radical (unpaired) electrons. The predicted octanol–water partition coefficient (Wildman–Crippen LogP) is 4.34. The molecule has 0 N–H and O–H groups in total. The molecular weight excluding hydrogens is 236 g/mol. The molecule has 19 heavy (non-hydrogen) atoms. The first-order valence-electron chi connectivity index (χ1n) is 6.45. The van der Waals surface area contributed by atoms with Gasteiger partial charge >= 0.3 is 0 Å². The van der Waals surface area contributed by atoms with Crippen molar-refractivity contribution >= 4 is 5.78 Å². The highest BCUT2D eigenvalue weighted by Gasteiger charge is 2.08. The van der Waals surface area contributed by atoms with E-state index in [2.05, 4.69) is 0 Å². The molecule has 2 heteroatoms. The van der Waals surface area contributed by atoms with Crippen LogP contribution in [0.2, 0.25) is 0 Å². The molecule has 0 aliphatic carbocycles. The van der Waals surface area contributed by atoms with E-state index < -0.39 is 0 Å². The van der Waals surface area contributed by atoms with E-state index in [-0.39, 0.29) is 11.9 Å². The predicted molar refractivity (Wildman–Crippen MR) is 77.6 cm³/mol. The van der Waals surface area contributed by atoms with Crippen molar-refractivity contribution in [2.24, 2.45) is 0 Å². The van der Waals surface area contributed by atoms with Crippen molar-refractivity contribution in [1.82, 2.24) is 0 Å². The molecule has 2 nitrogen and oxygen atoms in total. The van der Waals surface area contributed by atoms with Crippen molar-refractivity contribution in [3.05, 3.63) is 54.1 Å². The van der Waals surface area contributed by atoms with E-state index in [1.165, 1.54) is 0 Å². The number of ketones is 1. The molecule has 0 fully saturated rings. The Bertz CT molecular complexity index is 585. The molecule has 0 heterocycles. The molecule has 0 spiro atoms. The number of hydrogen-bond donors (Lipinski definition) is 0. The third-order valence-electron chi connectivity index (χ3n) is 2.83. The van der Waals surface area contributed by atoms with Crippen LogP contribution in [0.25, 0.3) is 11.1 Å². The van der Waals surface area contributed by atoms with Gasteiger partial charge in [-0.2, -0.15) is 0 Å². The van der Waals surface area contributed by atoms with Crippen LogP contribution in [0.5, 0.6) is 5.75 Å². The molecule has 0 unspecified atom stereocenters. The van der Waals surface area contributed by atoms with Crippen molar-refractivity contribution in [1.29, 1.82) is 0 Å². The van der Waals surface area contributed by atoms with Gasteiger partial charge in [-0.3, -0.25) is 4.79 Å². The Kier molecular flexibility index (Phi) is 4.00. The number of benzene rings is 2. The van der Waals surface area contributed by atoms with E-state index in [1.807, 2.05) is 62.4 Å². The average molecular weight is 254 g/mol. The van der Waals surface area contributed by atoms with Crippen LogP contribution in [-0.2, 0) is 0 Å². The summed E-state index contributed by atoms with van der Waals surface area (Å²) in [6.45, 7) is 5.58. The first kappa shape index (κ1) is 13.3. The molecule has 0 atom stereocenters. The first-order valence-corrected chi connectivity index (χ1v) is 6.45. The number of rotatable bonds is 4. The van der Waals surface area contributed by atoms with E-state index in [4.69, 9.17) is 4.74 Å². The van der Waals surface area contributed by atoms with E-state index in [9.17, 15) is 4.79 Å². The van der Waals surface area contributed by atoms with Crippen LogP contribution in [0.15, 0.2) is 48.5 Å². The Morgan fingerprint density at radius 1 is 1.05 bits per heavy atom. The third-order valence-corrected chi connectivity index (χ3v) is 2.83. The lowest BCUT2D eigenvalue weighted by molar-refractivity contribution is 0.101. The van der Waals surface area contributed by atoms with Gasteiger partial charge in [-0.25, -0.2) is 0 Å². The van der Waals surface area contributed by atoms with Gasteiger partial charge in [-0.1, -0.05) is 36.4 Å². The maximum atomic E-state index is 11.5. The first-order chi connectivity index (χ1) is 9.08. The minimum Gasteiger partial charge on any atom is -0.490 e. The summed E-state index contributed by atoms with van der Waals surface area (Å²) in [4.78, 5) is 11.5. The van der Waals surface area contributed by atoms with Crippen molar-refractivity contribution in [2.75, 3.05) is 0 Å². The number of hydrogen-bond acceptors (Lipinski definition) is 2. The van der Waals surface area contributed by atoms with Crippen molar-refractivity contribution in [3.63, 3.8) is 0 Å². The van der Waals surface area contributed by atoms with Crippen LogP contribution < -0.4 is 4.74 Å². The van der Waals surface area contributed by atoms with Gasteiger partial charge in [0.2, 0.25) is 0 Å². The molecule has 0 amide bonds. The topological polar surface area (TPSA) is 26.3 Å². The second-order valence-electron chi connectivity index (χ2n) is 4.80. The van der Waals surface area contributed by atoms with Crippen molar-refractivity contribution < 1.29 is 9.53 Å². The standard InChI is InChI=1S/C17H18O2/c1-12(2)19-17-10-5-4-9-16(17)15-8-6-7-14(11-15)13(3)18/h4-12H,1-3H3. The number of para-hydroxylation sites is 1. The zero-order valence-electron chi connectivity index (χ0n) is 11.5. The maximum Gasteiger partial charge on any atom is 0.159 e. The monoisotopic (exact) mass is 254 g/mol. The van der Waals surface area contributed by atoms with Gasteiger partial charge in [0.05, 0.1) is 6.10 Å². The van der Waals surface area contributed by atoms with Gasteiger partial charge < -0.3 is 4.74 Å². The molecule has 0 bridgehead atoms. The van der Waals surface area contributed by atoms with Gasteiger partial charge in [-0.15, -0.1) is 0 Å². The molecule has 0 aliphatic rings. The van der Waals surface area contributed by atoms with Gasteiger partial charge in [-0.05, 0) is 38.5 Å². The van der Waals surface area contributed by atoms with Crippen LogP contribution in [0, 0.1) is 0 Å². The summed E-state index contributed by atoms with van der Waals surface area (Å²) in [5, 5.41) is 0. The molecule has 0 aliphatic heterocycles. The molecule has 2 aromatic rings. The van der Waals surface area contributed by atoms with Crippen molar-refractivity contribution in [2.45, 2.75) is 26.9 Å². The molecule has 0 aromatic heterocycles. The van der Waals surface area contributed by atoms with Crippen LogP contribution >= 0.6 is 0 Å². The summed E-state index contributed by atoms with van der Waals surface area (Å²) < 4.78 is 5.82. The zero-order chi connectivity index (χ0) is 13.8. The summed E-state index contributed by atoms with van der Waals surface area (Å²) in [5.74, 6) is 0.919. The molecule has 98 valence electrons. The highest BCUT2D eigenvalue weighted by atomic mass is 16.5. The Balaban J connectivity index is 2.46. The van der Waals surface area contributed by atoms with Crippen LogP contribution in [0.3, 0.4) is 0 Å². The third kappa shape index (κ3) is 3.22. The summed E-state index contributed by atoms with van der Waals surface area (Å²) in [5.41, 5.74) is 2.74. The minimum absolute atomic E-state index is 0.0732. The zero-order valence-corrected chi connectivity index (χ0v) is 11.5. The summed E-state index contributed by atoms with van der Waals surface area (Å²) in [7, 11) is 0. The lowest BCUT2D eigenvalue weighted by atomic mass is 10.0. The average Bonchev–Trinajstić information content (AvgIpc) is 2.39. The highest BCUT2D eigenvalue weighted by Crippen LogP contribution is 2.31. The molecule has 0 saturated carbocycles. The second-order valence-corrected chi connectivity index (χ2v) is 4.80. The Morgan fingerprint density at radius 2 is 1.79 bits per heavy atom. The molecule has 0 saturated heterocycles. The summed E-state index contributed by atoms with van der Waals surface area (Å²) >= 11 is 0. The fourth-order valence-corrected chi connectivity index (χ4v) is 1.97. The molecule has 2 aromatic carbocycles. The van der Waals surface area contributed by atoms with Crippen molar-refractivity contribution in [3.8, 4) is 16.9 Å². The Labute approximate surface area is 114 Å². The van der Waals surface area contributed by atoms with E-state index in [1.54, 1.807) is 6.92 Å². The van der Waals surface area contributed by atoms with Crippen LogP contribution in [-0.4, -0.2) is 11.9 Å². The maximum absolute atomic E-state index is 11.5. The van der Waals surface area contributed by atoms with E-state index in [0.29, 0.717) is 0 Å². The normalized spacial score (nSPS) is 10.5. The lowest BCUT2D eigenvalue weighted by Crippen LogP contribution is -2.06. The van der Waals surface area contributed by atoms with Crippen LogP contribution in [0.4, 0.5) is 0 Å². The Hall–Kier alpha value is -2.09. The van der Waals surface area contributed by atoms with Crippen LogP contribution in [0.1, 0.15) is 31.1 Å². The van der Waals surface area contributed by atoms with Gasteiger partial charge in [0.1, 0.15) is 5.75 Å². The summed E-state index contributed by atoms with van der Waals surface area (Å²) in [6.07, 6.45) is 0.122. The minimum atomic E-state index is 0.0732. The fourth-order valence-electron chi connectivity index (χ4n) is 1.97. The number of Topliss-reactive ketones (excluding diaryl/α,β-unsaturated/α-hetero) is 1. The number of carbonyl (C=O) groups excluding carboxylic acids is 1. The van der Waals surface area contributed by atoms with Gasteiger partial charge in [0.25, 0.3) is 0 Å². The Morgan fingerprint density at radius 3 is 2.47 bits per heavy atom. The summed E-state index contributed by atoms with van der Waals surface area (Å²) in [6, 6.07) is 15.5. The van der Waals surface area contributed by atoms with Gasteiger partial charge in [0, 0.05) is 11.1 Å².